The van der Waals surface area contributed by atoms with Crippen LogP contribution < -0.4 is 10.9 Å². The highest BCUT2D eigenvalue weighted by Crippen LogP contribution is 2.38. The summed E-state index contributed by atoms with van der Waals surface area (Å²) in [6, 6.07) is 7.73. The van der Waals surface area contributed by atoms with Crippen molar-refractivity contribution in [3.8, 4) is 0 Å². The number of carbonyl (C=O) groups is 1. The SMILES string of the molecule is O=C1CC[C@H](/C=C(\c2ccncc2)c2ccc(C3CC3)c(=O)[nH]2)N1. The van der Waals surface area contributed by atoms with Gasteiger partial charge in [0, 0.05) is 41.7 Å². The second-order valence-electron chi connectivity index (χ2n) is 6.46. The van der Waals surface area contributed by atoms with Crippen LogP contribution in [0.4, 0.5) is 0 Å². The first-order valence-electron chi connectivity index (χ1n) is 8.36. The summed E-state index contributed by atoms with van der Waals surface area (Å²) in [7, 11) is 0. The Labute approximate surface area is 139 Å². The van der Waals surface area contributed by atoms with Gasteiger partial charge in [-0.15, -0.1) is 0 Å². The second kappa shape index (κ2) is 6.07. The Hall–Kier alpha value is -2.69. The molecule has 1 atom stereocenters. The Morgan fingerprint density at radius 1 is 1.08 bits per heavy atom. The van der Waals surface area contributed by atoms with Gasteiger partial charge in [0.15, 0.2) is 0 Å². The molecule has 0 radical (unpaired) electrons. The monoisotopic (exact) mass is 321 g/mol. The van der Waals surface area contributed by atoms with Crippen LogP contribution in [0.1, 0.15) is 48.4 Å². The minimum Gasteiger partial charge on any atom is -0.350 e. The molecule has 0 spiro atoms. The topological polar surface area (TPSA) is 74.8 Å². The van der Waals surface area contributed by atoms with Crippen molar-refractivity contribution in [2.75, 3.05) is 0 Å². The van der Waals surface area contributed by atoms with Crippen LogP contribution in [-0.4, -0.2) is 21.9 Å². The summed E-state index contributed by atoms with van der Waals surface area (Å²) >= 11 is 0. The summed E-state index contributed by atoms with van der Waals surface area (Å²) < 4.78 is 0. The molecule has 24 heavy (non-hydrogen) atoms. The number of H-pyrrole nitrogens is 1. The lowest BCUT2D eigenvalue weighted by Gasteiger charge is -2.12. The third-order valence-electron chi connectivity index (χ3n) is 4.64. The molecule has 5 heteroatoms. The van der Waals surface area contributed by atoms with Crippen molar-refractivity contribution in [3.63, 3.8) is 0 Å². The molecule has 2 fully saturated rings. The zero-order chi connectivity index (χ0) is 16.5. The summed E-state index contributed by atoms with van der Waals surface area (Å²) in [5, 5.41) is 2.96. The quantitative estimate of drug-likeness (QED) is 0.908. The van der Waals surface area contributed by atoms with E-state index in [-0.39, 0.29) is 17.5 Å². The number of hydrogen-bond acceptors (Lipinski definition) is 3. The van der Waals surface area contributed by atoms with Crippen molar-refractivity contribution < 1.29 is 4.79 Å². The van der Waals surface area contributed by atoms with Gasteiger partial charge in [0.05, 0.1) is 0 Å². The molecule has 2 N–H and O–H groups in total. The molecule has 1 saturated carbocycles. The molecule has 5 nitrogen and oxygen atoms in total. The van der Waals surface area contributed by atoms with Crippen molar-refractivity contribution >= 4 is 11.5 Å². The van der Waals surface area contributed by atoms with Crippen LogP contribution in [0.3, 0.4) is 0 Å². The third-order valence-corrected chi connectivity index (χ3v) is 4.64. The fourth-order valence-electron chi connectivity index (χ4n) is 3.19. The Balaban J connectivity index is 1.75. The van der Waals surface area contributed by atoms with Crippen LogP contribution >= 0.6 is 0 Å². The minimum absolute atomic E-state index is 0.00715. The van der Waals surface area contributed by atoms with E-state index in [2.05, 4.69) is 15.3 Å². The minimum atomic E-state index is -0.00888. The Morgan fingerprint density at radius 2 is 1.88 bits per heavy atom. The zero-order valence-electron chi connectivity index (χ0n) is 13.3. The Bertz CT molecular complexity index is 850. The van der Waals surface area contributed by atoms with Gasteiger partial charge in [0.25, 0.3) is 5.56 Å². The van der Waals surface area contributed by atoms with Crippen LogP contribution in [0.25, 0.3) is 5.57 Å². The lowest BCUT2D eigenvalue weighted by molar-refractivity contribution is -0.119. The summed E-state index contributed by atoms with van der Waals surface area (Å²) in [6.45, 7) is 0. The molecule has 0 unspecified atom stereocenters. The number of nitrogens with zero attached hydrogens (tertiary/aromatic N) is 1. The van der Waals surface area contributed by atoms with E-state index in [1.165, 1.54) is 0 Å². The summed E-state index contributed by atoms with van der Waals surface area (Å²) in [4.78, 5) is 30.9. The van der Waals surface area contributed by atoms with Crippen LogP contribution in [-0.2, 0) is 4.79 Å². The van der Waals surface area contributed by atoms with Gasteiger partial charge in [0.1, 0.15) is 0 Å². The number of aromatic amines is 1. The number of rotatable bonds is 4. The highest BCUT2D eigenvalue weighted by atomic mass is 16.2. The molecule has 0 aromatic carbocycles. The van der Waals surface area contributed by atoms with E-state index in [4.69, 9.17) is 0 Å². The first kappa shape index (κ1) is 14.9. The molecule has 1 aliphatic carbocycles. The highest BCUT2D eigenvalue weighted by molar-refractivity contribution is 5.82. The number of pyridine rings is 2. The summed E-state index contributed by atoms with van der Waals surface area (Å²) in [6.07, 6.45) is 9.01. The first-order valence-corrected chi connectivity index (χ1v) is 8.36. The lowest BCUT2D eigenvalue weighted by atomic mass is 9.99. The van der Waals surface area contributed by atoms with E-state index in [1.54, 1.807) is 12.4 Å². The average Bonchev–Trinajstić information content (AvgIpc) is 3.35. The smallest absolute Gasteiger partial charge is 0.251 e. The first-order chi connectivity index (χ1) is 11.7. The van der Waals surface area contributed by atoms with E-state index >= 15 is 0 Å². The fourth-order valence-corrected chi connectivity index (χ4v) is 3.19. The molecular weight excluding hydrogens is 302 g/mol. The molecule has 1 saturated heterocycles. The van der Waals surface area contributed by atoms with Crippen molar-refractivity contribution in [1.82, 2.24) is 15.3 Å². The second-order valence-corrected chi connectivity index (χ2v) is 6.46. The normalized spacial score (nSPS) is 20.9. The predicted octanol–water partition coefficient (Wildman–Crippen LogP) is 2.36. The van der Waals surface area contributed by atoms with Gasteiger partial charge in [-0.3, -0.25) is 14.6 Å². The molecule has 0 bridgehead atoms. The molecule has 1 aliphatic heterocycles. The number of carbonyl (C=O) groups excluding carboxylic acids is 1. The molecule has 122 valence electrons. The Kier molecular flexibility index (Phi) is 3.76. The van der Waals surface area contributed by atoms with Crippen molar-refractivity contribution in [3.05, 3.63) is 69.9 Å². The lowest BCUT2D eigenvalue weighted by Crippen LogP contribution is -2.23. The highest BCUT2D eigenvalue weighted by Gasteiger charge is 2.26. The van der Waals surface area contributed by atoms with E-state index < -0.39 is 0 Å². The van der Waals surface area contributed by atoms with E-state index in [1.807, 2.05) is 30.3 Å². The van der Waals surface area contributed by atoms with Gasteiger partial charge in [-0.25, -0.2) is 0 Å². The molecule has 4 rings (SSSR count). The van der Waals surface area contributed by atoms with E-state index in [0.29, 0.717) is 12.3 Å². The van der Waals surface area contributed by atoms with Gasteiger partial charge >= 0.3 is 0 Å². The number of nitrogens with one attached hydrogen (secondary N) is 2. The molecule has 2 aliphatic rings. The standard InChI is InChI=1S/C19H19N3O2/c23-18-6-3-14(21-18)11-16(13-7-9-20-10-8-13)17-5-4-15(12-1-2-12)19(24)22-17/h4-5,7-12,14H,1-3,6H2,(H,21,23)(H,22,24)/b16-11+/t14-/m1/s1. The fraction of sp³-hybridized carbons (Fsp3) is 0.316. The number of amides is 1. The van der Waals surface area contributed by atoms with Gasteiger partial charge in [0.2, 0.25) is 5.91 Å². The van der Waals surface area contributed by atoms with Crippen molar-refractivity contribution in [2.24, 2.45) is 0 Å². The summed E-state index contributed by atoms with van der Waals surface area (Å²) in [5.74, 6) is 0.494. The molecular formula is C19H19N3O2. The van der Waals surface area contributed by atoms with Crippen LogP contribution in [0.5, 0.6) is 0 Å². The molecule has 2 aromatic heterocycles. The maximum Gasteiger partial charge on any atom is 0.251 e. The van der Waals surface area contributed by atoms with Gasteiger partial charge in [-0.1, -0.05) is 12.1 Å². The molecule has 2 aromatic rings. The predicted molar refractivity (Wildman–Crippen MR) is 91.5 cm³/mol. The Morgan fingerprint density at radius 3 is 2.50 bits per heavy atom. The van der Waals surface area contributed by atoms with Crippen molar-refractivity contribution in [1.29, 1.82) is 0 Å². The average molecular weight is 321 g/mol. The van der Waals surface area contributed by atoms with Gasteiger partial charge in [-0.05, 0) is 48.9 Å². The van der Waals surface area contributed by atoms with Crippen LogP contribution in [0.2, 0.25) is 0 Å². The number of hydrogen-bond donors (Lipinski definition) is 2. The summed E-state index contributed by atoms with van der Waals surface area (Å²) in [5.41, 5.74) is 3.54. The molecule has 3 heterocycles. The van der Waals surface area contributed by atoms with Gasteiger partial charge < -0.3 is 10.3 Å². The van der Waals surface area contributed by atoms with E-state index in [9.17, 15) is 9.59 Å². The maximum atomic E-state index is 12.4. The maximum absolute atomic E-state index is 12.4. The van der Waals surface area contributed by atoms with E-state index in [0.717, 1.165) is 41.7 Å². The molecule has 1 amide bonds. The van der Waals surface area contributed by atoms with Gasteiger partial charge in [-0.2, -0.15) is 0 Å². The van der Waals surface area contributed by atoms with Crippen molar-refractivity contribution in [2.45, 2.75) is 37.6 Å². The van der Waals surface area contributed by atoms with Crippen LogP contribution in [0, 0.1) is 0 Å². The largest absolute Gasteiger partial charge is 0.350 e. The number of aromatic nitrogens is 2. The van der Waals surface area contributed by atoms with Crippen LogP contribution in [0.15, 0.2) is 47.5 Å². The zero-order valence-corrected chi connectivity index (χ0v) is 13.3. The third kappa shape index (κ3) is 3.02.